The van der Waals surface area contributed by atoms with Gasteiger partial charge in [-0.1, -0.05) is 37.1 Å². The smallest absolute Gasteiger partial charge is 0.342 e. The van der Waals surface area contributed by atoms with E-state index >= 15 is 0 Å². The summed E-state index contributed by atoms with van der Waals surface area (Å²) in [6.07, 6.45) is 5.97. The van der Waals surface area contributed by atoms with Gasteiger partial charge in [0.05, 0.1) is 10.6 Å². The quantitative estimate of drug-likeness (QED) is 0.594. The zero-order valence-electron chi connectivity index (χ0n) is 16.1. The van der Waals surface area contributed by atoms with Crippen molar-refractivity contribution >= 4 is 23.2 Å². The van der Waals surface area contributed by atoms with Crippen molar-refractivity contribution < 1.29 is 14.3 Å². The maximum atomic E-state index is 12.8. The second-order valence-corrected chi connectivity index (χ2v) is 7.97. The number of amides is 1. The molecule has 7 heteroatoms. The fourth-order valence-corrected chi connectivity index (χ4v) is 4.17. The fraction of sp³-hybridized carbons (Fsp3) is 0.318. The van der Waals surface area contributed by atoms with E-state index in [9.17, 15) is 9.59 Å². The molecule has 1 aliphatic heterocycles. The maximum absolute atomic E-state index is 12.8. The zero-order valence-corrected chi connectivity index (χ0v) is 16.9. The van der Waals surface area contributed by atoms with E-state index in [1.165, 1.54) is 11.3 Å². The monoisotopic (exact) mass is 409 g/mol. The van der Waals surface area contributed by atoms with Crippen LogP contribution in [0.5, 0.6) is 0 Å². The third-order valence-corrected chi connectivity index (χ3v) is 5.87. The van der Waals surface area contributed by atoms with Crippen LogP contribution in [0.25, 0.3) is 16.3 Å². The van der Waals surface area contributed by atoms with E-state index in [1.807, 2.05) is 47.8 Å². The highest BCUT2D eigenvalue weighted by Gasteiger charge is 2.23. The third kappa shape index (κ3) is 4.56. The number of aromatic nitrogens is 2. The molecule has 3 heterocycles. The van der Waals surface area contributed by atoms with E-state index in [4.69, 9.17) is 4.74 Å². The molecule has 6 nitrogen and oxygen atoms in total. The topological polar surface area (TPSA) is 64.4 Å². The second-order valence-electron chi connectivity index (χ2n) is 7.02. The highest BCUT2D eigenvalue weighted by Crippen LogP contribution is 2.28. The number of benzene rings is 1. The number of hydrogen-bond acceptors (Lipinski definition) is 5. The summed E-state index contributed by atoms with van der Waals surface area (Å²) in [6, 6.07) is 13.4. The molecule has 0 aliphatic carbocycles. The van der Waals surface area contributed by atoms with Gasteiger partial charge in [0.15, 0.2) is 6.61 Å². The van der Waals surface area contributed by atoms with Crippen molar-refractivity contribution in [2.45, 2.75) is 25.7 Å². The van der Waals surface area contributed by atoms with Gasteiger partial charge < -0.3 is 9.64 Å². The molecule has 29 heavy (non-hydrogen) atoms. The van der Waals surface area contributed by atoms with Crippen molar-refractivity contribution in [2.75, 3.05) is 19.7 Å². The van der Waals surface area contributed by atoms with Crippen molar-refractivity contribution in [3.63, 3.8) is 0 Å². The van der Waals surface area contributed by atoms with Crippen LogP contribution in [0.1, 0.15) is 36.0 Å². The van der Waals surface area contributed by atoms with Crippen molar-refractivity contribution in [1.82, 2.24) is 14.7 Å². The van der Waals surface area contributed by atoms with Crippen LogP contribution >= 0.6 is 11.3 Å². The number of hydrogen-bond donors (Lipinski definition) is 0. The van der Waals surface area contributed by atoms with Crippen LogP contribution in [0.4, 0.5) is 0 Å². The van der Waals surface area contributed by atoms with E-state index in [-0.39, 0.29) is 12.5 Å². The number of carbonyl (C=O) groups excluding carboxylic acids is 2. The summed E-state index contributed by atoms with van der Waals surface area (Å²) in [5, 5.41) is 6.54. The van der Waals surface area contributed by atoms with Gasteiger partial charge in [-0.25, -0.2) is 9.48 Å². The molecule has 0 radical (unpaired) electrons. The summed E-state index contributed by atoms with van der Waals surface area (Å²) in [6.45, 7) is 1.24. The lowest BCUT2D eigenvalue weighted by atomic mass is 10.2. The van der Waals surface area contributed by atoms with E-state index < -0.39 is 5.97 Å². The van der Waals surface area contributed by atoms with Crippen LogP contribution in [-0.2, 0) is 9.53 Å². The third-order valence-electron chi connectivity index (χ3n) is 4.99. The molecule has 150 valence electrons. The van der Waals surface area contributed by atoms with Crippen molar-refractivity contribution in [3.8, 4) is 16.3 Å². The summed E-state index contributed by atoms with van der Waals surface area (Å²) < 4.78 is 7.06. The molecule has 1 amide bonds. The minimum absolute atomic E-state index is 0.131. The Bertz CT molecular complexity index is 959. The lowest BCUT2D eigenvalue weighted by Crippen LogP contribution is -2.35. The Morgan fingerprint density at radius 2 is 1.76 bits per heavy atom. The van der Waals surface area contributed by atoms with Gasteiger partial charge in [0.2, 0.25) is 0 Å². The van der Waals surface area contributed by atoms with Gasteiger partial charge in [-0.05, 0) is 36.4 Å². The molecule has 0 atom stereocenters. The summed E-state index contributed by atoms with van der Waals surface area (Å²) in [5.41, 5.74) is 1.78. The van der Waals surface area contributed by atoms with E-state index in [2.05, 4.69) is 5.10 Å². The normalized spacial score (nSPS) is 14.4. The highest BCUT2D eigenvalue weighted by molar-refractivity contribution is 7.13. The predicted octanol–water partition coefficient (Wildman–Crippen LogP) is 4.16. The molecular weight excluding hydrogens is 386 g/mol. The minimum atomic E-state index is -0.529. The van der Waals surface area contributed by atoms with Gasteiger partial charge in [0.25, 0.3) is 5.91 Å². The lowest BCUT2D eigenvalue weighted by molar-refractivity contribution is -0.134. The summed E-state index contributed by atoms with van der Waals surface area (Å²) in [7, 11) is 0. The van der Waals surface area contributed by atoms with Crippen molar-refractivity contribution in [1.29, 1.82) is 0 Å². The highest BCUT2D eigenvalue weighted by atomic mass is 32.1. The first kappa shape index (κ1) is 19.4. The molecule has 0 N–H and O–H groups in total. The van der Waals surface area contributed by atoms with E-state index in [1.54, 1.807) is 15.8 Å². The standard InChI is InChI=1S/C22H23N3O3S/c26-20(24-12-6-1-2-7-13-24)16-28-22(27)18-15-25(17-9-4-3-5-10-17)23-21(18)19-11-8-14-29-19/h3-5,8-11,14-15H,1-2,6-7,12-13,16H2. The summed E-state index contributed by atoms with van der Waals surface area (Å²) >= 11 is 1.51. The molecule has 0 spiro atoms. The first-order valence-electron chi connectivity index (χ1n) is 9.86. The molecule has 3 aromatic rings. The van der Waals surface area contributed by atoms with Gasteiger partial charge in [-0.15, -0.1) is 11.3 Å². The van der Waals surface area contributed by atoms with Gasteiger partial charge in [0, 0.05) is 19.3 Å². The average Bonchev–Trinajstić information content (AvgIpc) is 3.36. The van der Waals surface area contributed by atoms with Crippen LogP contribution in [0.15, 0.2) is 54.0 Å². The average molecular weight is 410 g/mol. The number of rotatable bonds is 5. The zero-order chi connectivity index (χ0) is 20.1. The lowest BCUT2D eigenvalue weighted by Gasteiger charge is -2.19. The fourth-order valence-electron chi connectivity index (χ4n) is 3.45. The van der Waals surface area contributed by atoms with Crippen LogP contribution in [-0.4, -0.2) is 46.3 Å². The SMILES string of the molecule is O=C(OCC(=O)N1CCCCCC1)c1cn(-c2ccccc2)nc1-c1cccs1. The number of thiophene rings is 1. The molecule has 1 saturated heterocycles. The molecule has 4 rings (SSSR count). The Hall–Kier alpha value is -2.93. The molecule has 0 saturated carbocycles. The molecule has 0 bridgehead atoms. The van der Waals surface area contributed by atoms with Gasteiger partial charge in [-0.3, -0.25) is 4.79 Å². The first-order valence-corrected chi connectivity index (χ1v) is 10.7. The second kappa shape index (κ2) is 9.05. The van der Waals surface area contributed by atoms with E-state index in [0.717, 1.165) is 49.3 Å². The molecule has 1 aromatic carbocycles. The molecule has 1 fully saturated rings. The van der Waals surface area contributed by atoms with Gasteiger partial charge in [0.1, 0.15) is 11.3 Å². The first-order chi connectivity index (χ1) is 14.2. The van der Waals surface area contributed by atoms with Crippen LogP contribution in [0.2, 0.25) is 0 Å². The Labute approximate surface area is 173 Å². The minimum Gasteiger partial charge on any atom is -0.452 e. The van der Waals surface area contributed by atoms with Crippen LogP contribution in [0.3, 0.4) is 0 Å². The maximum Gasteiger partial charge on any atom is 0.342 e. The Morgan fingerprint density at radius 3 is 2.45 bits per heavy atom. The number of carbonyl (C=O) groups is 2. The number of ether oxygens (including phenoxy) is 1. The number of nitrogens with zero attached hydrogens (tertiary/aromatic N) is 3. The Kier molecular flexibility index (Phi) is 6.05. The Morgan fingerprint density at radius 1 is 1.00 bits per heavy atom. The predicted molar refractivity (Wildman–Crippen MR) is 112 cm³/mol. The van der Waals surface area contributed by atoms with E-state index in [0.29, 0.717) is 11.3 Å². The van der Waals surface area contributed by atoms with Crippen LogP contribution in [0, 0.1) is 0 Å². The van der Waals surface area contributed by atoms with Gasteiger partial charge in [-0.2, -0.15) is 5.10 Å². The summed E-state index contributed by atoms with van der Waals surface area (Å²) in [5.74, 6) is -0.660. The molecule has 1 aliphatic rings. The van der Waals surface area contributed by atoms with Crippen molar-refractivity contribution in [3.05, 3.63) is 59.6 Å². The number of para-hydroxylation sites is 1. The summed E-state index contributed by atoms with van der Waals surface area (Å²) in [4.78, 5) is 28.0. The van der Waals surface area contributed by atoms with Crippen LogP contribution < -0.4 is 0 Å². The molecular formula is C22H23N3O3S. The number of esters is 1. The largest absolute Gasteiger partial charge is 0.452 e. The molecule has 0 unspecified atom stereocenters. The van der Waals surface area contributed by atoms with Crippen molar-refractivity contribution in [2.24, 2.45) is 0 Å². The molecule has 2 aromatic heterocycles. The number of likely N-dealkylation sites (tertiary alicyclic amines) is 1. The van der Waals surface area contributed by atoms with Gasteiger partial charge >= 0.3 is 5.97 Å². The Balaban J connectivity index is 1.52.